The number of hydrogen-bond acceptors (Lipinski definition) is 0. The molecule has 0 saturated heterocycles. The Hall–Kier alpha value is -1.74. The molecule has 0 aliphatic heterocycles. The van der Waals surface area contributed by atoms with Crippen molar-refractivity contribution in [3.05, 3.63) is 84.9 Å². The van der Waals surface area contributed by atoms with E-state index in [0.29, 0.717) is 0 Å². The maximum Gasteiger partial charge on any atom is -0.0106 e. The van der Waals surface area contributed by atoms with E-state index in [1.807, 2.05) is 0 Å². The molecule has 0 radical (unpaired) electrons. The molecule has 0 N–H and O–H groups in total. The average molecular weight is 318 g/mol. The van der Waals surface area contributed by atoms with Crippen LogP contribution < -0.4 is 10.6 Å². The minimum atomic E-state index is 0.827. The van der Waals surface area contributed by atoms with Gasteiger partial charge in [0.1, 0.15) is 0 Å². The third-order valence-corrected chi connectivity index (χ3v) is 7.44. The molecule has 0 heterocycles. The minimum Gasteiger partial charge on any atom is -0.0627 e. The maximum atomic E-state index is 2.28. The van der Waals surface area contributed by atoms with Crippen LogP contribution in [0.1, 0.15) is 0 Å². The van der Waals surface area contributed by atoms with Crippen LogP contribution in [0, 0.1) is 0 Å². The fraction of sp³-hybridized carbons (Fsp3) is 0. The van der Waals surface area contributed by atoms with E-state index in [1.54, 1.807) is 0 Å². The van der Waals surface area contributed by atoms with Gasteiger partial charge in [0, 0.05) is 0 Å². The first-order valence-electron chi connectivity index (χ1n) is 7.39. The van der Waals surface area contributed by atoms with Crippen molar-refractivity contribution in [2.75, 3.05) is 0 Å². The molecular formula is C20H16P2. The summed E-state index contributed by atoms with van der Waals surface area (Å²) in [5, 5.41) is 8.44. The Bertz CT molecular complexity index is 854. The fourth-order valence-corrected chi connectivity index (χ4v) is 6.27. The Labute approximate surface area is 134 Å². The first kappa shape index (κ1) is 13.9. The van der Waals surface area contributed by atoms with Gasteiger partial charge in [-0.25, -0.2) is 0 Å². The summed E-state index contributed by atoms with van der Waals surface area (Å²) in [4.78, 5) is 0. The van der Waals surface area contributed by atoms with Gasteiger partial charge < -0.3 is 0 Å². The third-order valence-electron chi connectivity index (χ3n) is 3.91. The Kier molecular flexibility index (Phi) is 3.90. The van der Waals surface area contributed by atoms with E-state index in [1.165, 1.54) is 32.2 Å². The van der Waals surface area contributed by atoms with E-state index in [0.717, 1.165) is 16.5 Å². The SMILES string of the molecule is c1ccc2c(PPc3cccc4ccccc34)cccc2c1. The molecule has 0 amide bonds. The van der Waals surface area contributed by atoms with Crippen molar-refractivity contribution >= 4 is 48.7 Å². The Morgan fingerprint density at radius 3 is 1.32 bits per heavy atom. The zero-order chi connectivity index (χ0) is 14.8. The summed E-state index contributed by atoms with van der Waals surface area (Å²) in [6, 6.07) is 30.7. The van der Waals surface area contributed by atoms with Crippen LogP contribution in [0.2, 0.25) is 0 Å². The van der Waals surface area contributed by atoms with Gasteiger partial charge in [0.25, 0.3) is 0 Å². The number of benzene rings is 4. The Balaban J connectivity index is 1.69. The van der Waals surface area contributed by atoms with Crippen LogP contribution in [0.3, 0.4) is 0 Å². The highest BCUT2D eigenvalue weighted by molar-refractivity contribution is 8.18. The predicted molar refractivity (Wildman–Crippen MR) is 104 cm³/mol. The van der Waals surface area contributed by atoms with Gasteiger partial charge in [-0.05, 0) is 32.2 Å². The summed E-state index contributed by atoms with van der Waals surface area (Å²) in [6.07, 6.45) is 0. The van der Waals surface area contributed by atoms with Gasteiger partial charge in [0.15, 0.2) is 0 Å². The number of rotatable bonds is 3. The van der Waals surface area contributed by atoms with E-state index in [4.69, 9.17) is 0 Å². The van der Waals surface area contributed by atoms with Crippen LogP contribution in [0.25, 0.3) is 21.5 Å². The van der Waals surface area contributed by atoms with Gasteiger partial charge in [-0.1, -0.05) is 101 Å². The van der Waals surface area contributed by atoms with Crippen LogP contribution in [-0.4, -0.2) is 0 Å². The van der Waals surface area contributed by atoms with Crippen LogP contribution in [0.5, 0.6) is 0 Å². The second kappa shape index (κ2) is 6.17. The smallest absolute Gasteiger partial charge is 0.0106 e. The standard InChI is InChI=1S/C20H16P2/c1-3-11-17-15(7-1)9-5-13-19(17)21-22-20-14-6-10-16-8-2-4-12-18(16)20/h1-14,21-22H. The molecule has 2 unspecified atom stereocenters. The maximum absolute atomic E-state index is 2.28. The summed E-state index contributed by atoms with van der Waals surface area (Å²) >= 11 is 0. The monoisotopic (exact) mass is 318 g/mol. The van der Waals surface area contributed by atoms with E-state index in [2.05, 4.69) is 84.9 Å². The van der Waals surface area contributed by atoms with Gasteiger partial charge in [-0.3, -0.25) is 0 Å². The molecular weight excluding hydrogens is 302 g/mol. The topological polar surface area (TPSA) is 0 Å². The van der Waals surface area contributed by atoms with Crippen LogP contribution in [-0.2, 0) is 0 Å². The van der Waals surface area contributed by atoms with Crippen molar-refractivity contribution < 1.29 is 0 Å². The van der Waals surface area contributed by atoms with Crippen molar-refractivity contribution in [1.29, 1.82) is 0 Å². The zero-order valence-electron chi connectivity index (χ0n) is 12.1. The summed E-state index contributed by atoms with van der Waals surface area (Å²) in [5.74, 6) is 0. The molecule has 2 atom stereocenters. The first-order chi connectivity index (χ1) is 10.9. The Morgan fingerprint density at radius 2 is 0.818 bits per heavy atom. The number of hydrogen-bond donors (Lipinski definition) is 0. The third kappa shape index (κ3) is 2.66. The van der Waals surface area contributed by atoms with Gasteiger partial charge >= 0.3 is 0 Å². The molecule has 4 aromatic rings. The van der Waals surface area contributed by atoms with E-state index in [9.17, 15) is 0 Å². The van der Waals surface area contributed by atoms with E-state index in [-0.39, 0.29) is 0 Å². The molecule has 0 fully saturated rings. The molecule has 106 valence electrons. The molecule has 0 bridgehead atoms. The van der Waals surface area contributed by atoms with Gasteiger partial charge in [-0.15, -0.1) is 0 Å². The molecule has 0 aliphatic carbocycles. The second-order valence-electron chi connectivity index (χ2n) is 5.30. The van der Waals surface area contributed by atoms with Crippen molar-refractivity contribution in [3.8, 4) is 0 Å². The van der Waals surface area contributed by atoms with Gasteiger partial charge in [0.05, 0.1) is 0 Å². The normalized spacial score (nSPS) is 12.2. The van der Waals surface area contributed by atoms with Crippen LogP contribution >= 0.6 is 16.5 Å². The van der Waals surface area contributed by atoms with Crippen LogP contribution in [0.15, 0.2) is 84.9 Å². The minimum absolute atomic E-state index is 0.827. The summed E-state index contributed by atoms with van der Waals surface area (Å²) in [6.45, 7) is 0. The summed E-state index contributed by atoms with van der Waals surface area (Å²) < 4.78 is 0. The van der Waals surface area contributed by atoms with Gasteiger partial charge in [0.2, 0.25) is 0 Å². The highest BCUT2D eigenvalue weighted by atomic mass is 32.0. The summed E-state index contributed by atoms with van der Waals surface area (Å²) in [5.41, 5.74) is 0. The first-order valence-corrected chi connectivity index (χ1v) is 10.4. The van der Waals surface area contributed by atoms with Crippen molar-refractivity contribution in [1.82, 2.24) is 0 Å². The molecule has 4 aromatic carbocycles. The lowest BCUT2D eigenvalue weighted by molar-refractivity contribution is 1.78. The fourth-order valence-electron chi connectivity index (χ4n) is 2.80. The summed E-state index contributed by atoms with van der Waals surface area (Å²) in [7, 11) is 1.65. The molecule has 2 heteroatoms. The van der Waals surface area contributed by atoms with Crippen molar-refractivity contribution in [2.24, 2.45) is 0 Å². The molecule has 0 nitrogen and oxygen atoms in total. The van der Waals surface area contributed by atoms with E-state index < -0.39 is 0 Å². The molecule has 0 aromatic heterocycles. The highest BCUT2D eigenvalue weighted by Gasteiger charge is 2.03. The van der Waals surface area contributed by atoms with Crippen molar-refractivity contribution in [2.45, 2.75) is 0 Å². The largest absolute Gasteiger partial charge is 0.0627 e. The van der Waals surface area contributed by atoms with Crippen LogP contribution in [0.4, 0.5) is 0 Å². The molecule has 0 aliphatic rings. The van der Waals surface area contributed by atoms with Crippen molar-refractivity contribution in [3.63, 3.8) is 0 Å². The Morgan fingerprint density at radius 1 is 0.409 bits per heavy atom. The second-order valence-corrected chi connectivity index (χ2v) is 8.38. The molecule has 0 spiro atoms. The number of fused-ring (bicyclic) bond motifs is 2. The zero-order valence-corrected chi connectivity index (χ0v) is 14.1. The lowest BCUT2D eigenvalue weighted by atomic mass is 10.1. The quantitative estimate of drug-likeness (QED) is 0.455. The average Bonchev–Trinajstić information content (AvgIpc) is 2.60. The lowest BCUT2D eigenvalue weighted by Gasteiger charge is -2.09. The highest BCUT2D eigenvalue weighted by Crippen LogP contribution is 2.38. The molecule has 4 rings (SSSR count). The van der Waals surface area contributed by atoms with Gasteiger partial charge in [-0.2, -0.15) is 0 Å². The molecule has 0 saturated carbocycles. The predicted octanol–water partition coefficient (Wildman–Crippen LogP) is 5.22. The molecule has 22 heavy (non-hydrogen) atoms. The lowest BCUT2D eigenvalue weighted by Crippen LogP contribution is -1.98. The van der Waals surface area contributed by atoms with E-state index >= 15 is 0 Å².